The highest BCUT2D eigenvalue weighted by molar-refractivity contribution is 5.96. The quantitative estimate of drug-likeness (QED) is 0.671. The molecule has 1 heterocycles. The maximum Gasteiger partial charge on any atom is 0.250 e. The maximum atomic E-state index is 13.9. The van der Waals surface area contributed by atoms with Crippen LogP contribution in [0.15, 0.2) is 18.2 Å². The summed E-state index contributed by atoms with van der Waals surface area (Å²) in [6.45, 7) is 4.17. The van der Waals surface area contributed by atoms with Gasteiger partial charge < -0.3 is 19.3 Å². The van der Waals surface area contributed by atoms with Crippen LogP contribution in [0, 0.1) is 0 Å². The van der Waals surface area contributed by atoms with Crippen LogP contribution in [0.5, 0.6) is 11.5 Å². The van der Waals surface area contributed by atoms with E-state index >= 15 is 0 Å². The zero-order valence-corrected chi connectivity index (χ0v) is 19.1. The molecule has 1 aromatic rings. The van der Waals surface area contributed by atoms with Crippen LogP contribution >= 0.6 is 0 Å². The molecular weight excluding hydrogens is 392 g/mol. The Hall–Kier alpha value is -2.24. The number of piperazine rings is 1. The topological polar surface area (TPSA) is 59.1 Å². The monoisotopic (exact) mass is 428 g/mol. The lowest BCUT2D eigenvalue weighted by Crippen LogP contribution is -2.60. The van der Waals surface area contributed by atoms with Gasteiger partial charge in [-0.15, -0.1) is 0 Å². The van der Waals surface area contributed by atoms with Crippen molar-refractivity contribution in [3.05, 3.63) is 23.8 Å². The highest BCUT2D eigenvalue weighted by Crippen LogP contribution is 2.40. The first-order chi connectivity index (χ1) is 15.0. The molecule has 0 unspecified atom stereocenters. The van der Waals surface area contributed by atoms with E-state index in [9.17, 15) is 9.59 Å². The third-order valence-corrected chi connectivity index (χ3v) is 6.99. The molecule has 1 aromatic carbocycles. The predicted octanol–water partition coefficient (Wildman–Crippen LogP) is 4.47. The fourth-order valence-corrected chi connectivity index (χ4v) is 5.53. The molecule has 4 rings (SSSR count). The van der Waals surface area contributed by atoms with Crippen LogP contribution in [0.25, 0.3) is 0 Å². The Balaban J connectivity index is 1.70. The molecule has 2 amide bonds. The smallest absolute Gasteiger partial charge is 0.250 e. The Morgan fingerprint density at radius 1 is 0.903 bits per heavy atom. The largest absolute Gasteiger partial charge is 0.493 e. The first kappa shape index (κ1) is 22.0. The van der Waals surface area contributed by atoms with Crippen LogP contribution in [0.1, 0.15) is 83.2 Å². The lowest BCUT2D eigenvalue weighted by Gasteiger charge is -2.46. The number of ether oxygens (including phenoxy) is 2. The zero-order valence-electron chi connectivity index (χ0n) is 19.1. The number of carbonyl (C=O) groups is 2. The van der Waals surface area contributed by atoms with Crippen molar-refractivity contribution < 1.29 is 19.1 Å². The van der Waals surface area contributed by atoms with Crippen molar-refractivity contribution in [2.45, 2.75) is 95.9 Å². The van der Waals surface area contributed by atoms with Crippen molar-refractivity contribution in [1.82, 2.24) is 9.80 Å². The summed E-state index contributed by atoms with van der Waals surface area (Å²) in [4.78, 5) is 31.0. The average molecular weight is 429 g/mol. The standard InChI is InChI=1S/C25H36N2O4/c1-17(2)31-21-14-13-18(15-22(21)30-3)24-25(29)26(19-9-5-4-6-10-19)16-23(28)27(24)20-11-7-8-12-20/h13-15,17,19-20,24H,4-12,16H2,1-3H3/t24-/m1/s1. The molecule has 1 aliphatic heterocycles. The van der Waals surface area contributed by atoms with Crippen LogP contribution in [0.4, 0.5) is 0 Å². The molecule has 6 heteroatoms. The van der Waals surface area contributed by atoms with E-state index in [4.69, 9.17) is 9.47 Å². The third-order valence-electron chi connectivity index (χ3n) is 6.99. The molecule has 6 nitrogen and oxygen atoms in total. The summed E-state index contributed by atoms with van der Waals surface area (Å²) in [6.07, 6.45) is 9.70. The second-order valence-corrected chi connectivity index (χ2v) is 9.48. The van der Waals surface area contributed by atoms with E-state index in [0.717, 1.165) is 56.9 Å². The Morgan fingerprint density at radius 2 is 1.55 bits per heavy atom. The van der Waals surface area contributed by atoms with E-state index in [-0.39, 0.29) is 36.5 Å². The molecule has 0 bridgehead atoms. The molecule has 3 fully saturated rings. The number of amides is 2. The maximum absolute atomic E-state index is 13.9. The van der Waals surface area contributed by atoms with Gasteiger partial charge in [0.15, 0.2) is 11.5 Å². The van der Waals surface area contributed by atoms with Gasteiger partial charge in [-0.1, -0.05) is 38.2 Å². The molecule has 3 aliphatic rings. The first-order valence-electron chi connectivity index (χ1n) is 12.0. The van der Waals surface area contributed by atoms with Crippen molar-refractivity contribution in [3.63, 3.8) is 0 Å². The molecular formula is C25H36N2O4. The minimum Gasteiger partial charge on any atom is -0.493 e. The fourth-order valence-electron chi connectivity index (χ4n) is 5.53. The third kappa shape index (κ3) is 4.53. The van der Waals surface area contributed by atoms with Gasteiger partial charge in [0, 0.05) is 12.1 Å². The molecule has 2 aliphatic carbocycles. The lowest BCUT2D eigenvalue weighted by atomic mass is 9.91. The van der Waals surface area contributed by atoms with E-state index in [1.807, 2.05) is 41.8 Å². The fraction of sp³-hybridized carbons (Fsp3) is 0.680. The second-order valence-electron chi connectivity index (χ2n) is 9.48. The van der Waals surface area contributed by atoms with Crippen LogP contribution in [0.3, 0.4) is 0 Å². The van der Waals surface area contributed by atoms with Gasteiger partial charge in [-0.25, -0.2) is 0 Å². The highest BCUT2D eigenvalue weighted by atomic mass is 16.5. The number of carbonyl (C=O) groups excluding carboxylic acids is 2. The van der Waals surface area contributed by atoms with Gasteiger partial charge in [0.1, 0.15) is 12.6 Å². The minimum atomic E-state index is -0.576. The van der Waals surface area contributed by atoms with Crippen LogP contribution < -0.4 is 9.47 Å². The predicted molar refractivity (Wildman–Crippen MR) is 119 cm³/mol. The first-order valence-corrected chi connectivity index (χ1v) is 12.0. The molecule has 31 heavy (non-hydrogen) atoms. The molecule has 0 spiro atoms. The summed E-state index contributed by atoms with van der Waals surface area (Å²) >= 11 is 0. The van der Waals surface area contributed by atoms with Crippen molar-refractivity contribution in [3.8, 4) is 11.5 Å². The van der Waals surface area contributed by atoms with Gasteiger partial charge in [0.2, 0.25) is 5.91 Å². The van der Waals surface area contributed by atoms with E-state index in [1.165, 1.54) is 6.42 Å². The van der Waals surface area contributed by atoms with E-state index in [1.54, 1.807) is 7.11 Å². The second kappa shape index (κ2) is 9.49. The van der Waals surface area contributed by atoms with Crippen LogP contribution in [0.2, 0.25) is 0 Å². The van der Waals surface area contributed by atoms with Crippen molar-refractivity contribution in [2.24, 2.45) is 0 Å². The Morgan fingerprint density at radius 3 is 2.19 bits per heavy atom. The number of rotatable bonds is 6. The summed E-state index contributed by atoms with van der Waals surface area (Å²) in [5, 5.41) is 0. The van der Waals surface area contributed by atoms with Gasteiger partial charge >= 0.3 is 0 Å². The summed E-state index contributed by atoms with van der Waals surface area (Å²) in [6, 6.07) is 5.45. The SMILES string of the molecule is COc1cc([C@@H]2C(=O)N(C3CCCCC3)CC(=O)N2C2CCCC2)ccc1OC(C)C. The highest BCUT2D eigenvalue weighted by Gasteiger charge is 2.46. The number of hydrogen-bond donors (Lipinski definition) is 0. The number of hydrogen-bond acceptors (Lipinski definition) is 4. The molecule has 0 N–H and O–H groups in total. The molecule has 1 atom stereocenters. The molecule has 0 radical (unpaired) electrons. The minimum absolute atomic E-state index is 0.0226. The zero-order chi connectivity index (χ0) is 22.0. The van der Waals surface area contributed by atoms with Gasteiger partial charge in [-0.2, -0.15) is 0 Å². The van der Waals surface area contributed by atoms with E-state index in [0.29, 0.717) is 11.5 Å². The van der Waals surface area contributed by atoms with Crippen molar-refractivity contribution >= 4 is 11.8 Å². The summed E-state index contributed by atoms with van der Waals surface area (Å²) in [7, 11) is 1.61. The van der Waals surface area contributed by atoms with E-state index in [2.05, 4.69) is 0 Å². The van der Waals surface area contributed by atoms with Gasteiger partial charge in [0.25, 0.3) is 5.91 Å². The number of nitrogens with zero attached hydrogens (tertiary/aromatic N) is 2. The van der Waals surface area contributed by atoms with Crippen LogP contribution in [-0.4, -0.2) is 53.5 Å². The average Bonchev–Trinajstić information content (AvgIpc) is 3.30. The molecule has 170 valence electrons. The van der Waals surface area contributed by atoms with Gasteiger partial charge in [-0.05, 0) is 57.2 Å². The van der Waals surface area contributed by atoms with Crippen LogP contribution in [-0.2, 0) is 9.59 Å². The normalized spacial score (nSPS) is 23.7. The molecule has 1 saturated heterocycles. The Labute approximate surface area is 185 Å². The molecule has 2 saturated carbocycles. The lowest BCUT2D eigenvalue weighted by molar-refractivity contribution is -0.161. The van der Waals surface area contributed by atoms with Crippen molar-refractivity contribution in [2.75, 3.05) is 13.7 Å². The van der Waals surface area contributed by atoms with Gasteiger partial charge in [0.05, 0.1) is 13.2 Å². The Kier molecular flexibility index (Phi) is 6.73. The molecule has 0 aromatic heterocycles. The van der Waals surface area contributed by atoms with E-state index < -0.39 is 6.04 Å². The van der Waals surface area contributed by atoms with Crippen molar-refractivity contribution in [1.29, 1.82) is 0 Å². The Bertz CT molecular complexity index is 797. The summed E-state index contributed by atoms with van der Waals surface area (Å²) < 4.78 is 11.5. The summed E-state index contributed by atoms with van der Waals surface area (Å²) in [5.41, 5.74) is 0.818. The summed E-state index contributed by atoms with van der Waals surface area (Å²) in [5.74, 6) is 1.42. The number of methoxy groups -OCH3 is 1. The number of benzene rings is 1. The van der Waals surface area contributed by atoms with Gasteiger partial charge in [-0.3, -0.25) is 9.59 Å².